The fourth-order valence-corrected chi connectivity index (χ4v) is 1.32. The first-order valence-electron chi connectivity index (χ1n) is 6.77. The molecule has 1 N–H and O–H groups in total. The lowest BCUT2D eigenvalue weighted by molar-refractivity contribution is 0.419. The first kappa shape index (κ1) is 17.0. The lowest BCUT2D eigenvalue weighted by Gasteiger charge is -2.25. The van der Waals surface area contributed by atoms with Crippen molar-refractivity contribution in [3.63, 3.8) is 0 Å². The van der Waals surface area contributed by atoms with Crippen molar-refractivity contribution < 1.29 is 0 Å². The maximum absolute atomic E-state index is 4.13. The summed E-state index contributed by atoms with van der Waals surface area (Å²) in [6, 6.07) is 0. The summed E-state index contributed by atoms with van der Waals surface area (Å²) in [5, 5.41) is 3.44. The first-order valence-corrected chi connectivity index (χ1v) is 6.77. The summed E-state index contributed by atoms with van der Waals surface area (Å²) >= 11 is 0. The Morgan fingerprint density at radius 2 is 1.61 bits per heavy atom. The quantitative estimate of drug-likeness (QED) is 0.656. The van der Waals surface area contributed by atoms with Crippen molar-refractivity contribution >= 4 is 0 Å². The van der Waals surface area contributed by atoms with Gasteiger partial charge < -0.3 is 5.32 Å². The van der Waals surface area contributed by atoms with Gasteiger partial charge in [-0.1, -0.05) is 60.3 Å². The van der Waals surface area contributed by atoms with E-state index in [4.69, 9.17) is 0 Å². The molecule has 0 rings (SSSR count). The van der Waals surface area contributed by atoms with Crippen LogP contribution < -0.4 is 5.32 Å². The molecule has 0 bridgehead atoms. The van der Waals surface area contributed by atoms with Crippen LogP contribution in [0.25, 0.3) is 0 Å². The smallest absolute Gasteiger partial charge is 0.0364 e. The van der Waals surface area contributed by atoms with Crippen LogP contribution in [0, 0.1) is 10.8 Å². The predicted molar refractivity (Wildman–Crippen MR) is 83.3 cm³/mol. The third kappa shape index (κ3) is 6.68. The summed E-state index contributed by atoms with van der Waals surface area (Å²) < 4.78 is 0. The second kappa shape index (κ2) is 6.26. The number of hydrogen-bond acceptors (Lipinski definition) is 1. The van der Waals surface area contributed by atoms with Gasteiger partial charge in [0.05, 0.1) is 0 Å². The van der Waals surface area contributed by atoms with Gasteiger partial charge in [-0.05, 0) is 31.3 Å². The molecule has 1 heteroatoms. The lowest BCUT2D eigenvalue weighted by atomic mass is 9.90. The molecular formula is C17H31N. The first-order chi connectivity index (χ1) is 7.97. The topological polar surface area (TPSA) is 12.0 Å². The molecule has 18 heavy (non-hydrogen) atoms. The van der Waals surface area contributed by atoms with E-state index >= 15 is 0 Å². The van der Waals surface area contributed by atoms with E-state index in [-0.39, 0.29) is 5.41 Å². The normalized spacial score (nSPS) is 14.7. The number of allylic oxidation sites excluding steroid dienone is 4. The zero-order valence-electron chi connectivity index (χ0n) is 13.6. The van der Waals surface area contributed by atoms with Gasteiger partial charge in [0.25, 0.3) is 0 Å². The molecule has 0 amide bonds. The summed E-state index contributed by atoms with van der Waals surface area (Å²) in [5.74, 6) is 0. The Labute approximate surface area is 114 Å². The molecule has 0 saturated carbocycles. The molecule has 0 spiro atoms. The molecular weight excluding hydrogens is 218 g/mol. The zero-order valence-corrected chi connectivity index (χ0v) is 13.6. The Morgan fingerprint density at radius 1 is 1.11 bits per heavy atom. The van der Waals surface area contributed by atoms with Gasteiger partial charge in [0.15, 0.2) is 0 Å². The van der Waals surface area contributed by atoms with Crippen LogP contribution in [0.3, 0.4) is 0 Å². The number of rotatable bonds is 4. The summed E-state index contributed by atoms with van der Waals surface area (Å²) in [4.78, 5) is 0. The van der Waals surface area contributed by atoms with Gasteiger partial charge in [0.1, 0.15) is 0 Å². The van der Waals surface area contributed by atoms with E-state index in [1.165, 1.54) is 11.3 Å². The Morgan fingerprint density at radius 3 is 1.94 bits per heavy atom. The maximum Gasteiger partial charge on any atom is 0.0364 e. The number of hydrogen-bond donors (Lipinski definition) is 1. The summed E-state index contributed by atoms with van der Waals surface area (Å²) in [5.41, 5.74) is 3.93. The van der Waals surface area contributed by atoms with Gasteiger partial charge in [-0.2, -0.15) is 0 Å². The monoisotopic (exact) mass is 249 g/mol. The molecule has 0 aromatic carbocycles. The second-order valence-corrected chi connectivity index (χ2v) is 7.21. The lowest BCUT2D eigenvalue weighted by Crippen LogP contribution is -2.23. The molecule has 1 nitrogen and oxygen atoms in total. The van der Waals surface area contributed by atoms with Crippen molar-refractivity contribution in [1.29, 1.82) is 0 Å². The Hall–Kier alpha value is -0.980. The van der Waals surface area contributed by atoms with Crippen LogP contribution >= 0.6 is 0 Å². The van der Waals surface area contributed by atoms with Crippen molar-refractivity contribution in [3.05, 3.63) is 35.7 Å². The van der Waals surface area contributed by atoms with E-state index in [0.717, 1.165) is 12.1 Å². The van der Waals surface area contributed by atoms with Gasteiger partial charge in [0, 0.05) is 16.8 Å². The molecule has 0 heterocycles. The molecule has 0 aromatic heterocycles. The largest absolute Gasteiger partial charge is 0.359 e. The Balaban J connectivity index is 4.77. The maximum atomic E-state index is 4.13. The van der Waals surface area contributed by atoms with Crippen molar-refractivity contribution in [1.82, 2.24) is 5.32 Å². The van der Waals surface area contributed by atoms with E-state index in [1.54, 1.807) is 0 Å². The minimum absolute atomic E-state index is 0.0819. The molecule has 0 aliphatic carbocycles. The minimum Gasteiger partial charge on any atom is -0.359 e. The highest BCUT2D eigenvalue weighted by Crippen LogP contribution is 2.25. The van der Waals surface area contributed by atoms with Crippen LogP contribution in [0.2, 0.25) is 0 Å². The van der Waals surface area contributed by atoms with E-state index in [0.29, 0.717) is 5.41 Å². The predicted octanol–water partition coefficient (Wildman–Crippen LogP) is 5.42. The van der Waals surface area contributed by atoms with Crippen LogP contribution in [0.1, 0.15) is 61.8 Å². The molecule has 104 valence electrons. The fraction of sp³-hybridized carbons (Fsp3) is 0.647. The van der Waals surface area contributed by atoms with Gasteiger partial charge in [-0.3, -0.25) is 0 Å². The summed E-state index contributed by atoms with van der Waals surface area (Å²) in [6.07, 6.45) is 5.50. The Bertz CT molecular complexity index is 343. The molecule has 0 fully saturated rings. The van der Waals surface area contributed by atoms with Crippen LogP contribution in [-0.2, 0) is 0 Å². The van der Waals surface area contributed by atoms with E-state index < -0.39 is 0 Å². The molecule has 0 unspecified atom stereocenters. The van der Waals surface area contributed by atoms with Crippen LogP contribution in [0.15, 0.2) is 35.7 Å². The van der Waals surface area contributed by atoms with Crippen LogP contribution in [0.5, 0.6) is 0 Å². The van der Waals surface area contributed by atoms with E-state index in [9.17, 15) is 0 Å². The van der Waals surface area contributed by atoms with Gasteiger partial charge >= 0.3 is 0 Å². The van der Waals surface area contributed by atoms with Gasteiger partial charge in [-0.25, -0.2) is 0 Å². The third-order valence-electron chi connectivity index (χ3n) is 2.93. The standard InChI is InChI=1S/C17H31N/c1-10-15(18-14(3)17(7,8)9)13(2)11-12-16(4,5)6/h10-11,18H,3,12H2,1-2,4-9H3/b13-11-,15-10+. The molecule has 0 atom stereocenters. The van der Waals surface area contributed by atoms with E-state index in [1.807, 2.05) is 0 Å². The van der Waals surface area contributed by atoms with Gasteiger partial charge in [-0.15, -0.1) is 0 Å². The highest BCUT2D eigenvalue weighted by molar-refractivity contribution is 5.30. The highest BCUT2D eigenvalue weighted by atomic mass is 14.9. The summed E-state index contributed by atoms with van der Waals surface area (Å²) in [7, 11) is 0. The summed E-state index contributed by atoms with van der Waals surface area (Å²) in [6.45, 7) is 21.6. The molecule has 0 aromatic rings. The average Bonchev–Trinajstić information content (AvgIpc) is 2.19. The molecule has 0 aliphatic heterocycles. The van der Waals surface area contributed by atoms with Gasteiger partial charge in [0.2, 0.25) is 0 Å². The van der Waals surface area contributed by atoms with Crippen molar-refractivity contribution in [2.75, 3.05) is 0 Å². The zero-order chi connectivity index (χ0) is 14.6. The van der Waals surface area contributed by atoms with Crippen molar-refractivity contribution in [3.8, 4) is 0 Å². The molecule has 0 aliphatic rings. The fourth-order valence-electron chi connectivity index (χ4n) is 1.32. The van der Waals surface area contributed by atoms with E-state index in [2.05, 4.69) is 79.4 Å². The van der Waals surface area contributed by atoms with Crippen molar-refractivity contribution in [2.24, 2.45) is 10.8 Å². The Kier molecular flexibility index (Phi) is 5.92. The second-order valence-electron chi connectivity index (χ2n) is 7.21. The SMILES string of the molecule is C=C(NC(=C/C)/C(C)=C\CC(C)(C)C)C(C)(C)C. The average molecular weight is 249 g/mol. The minimum atomic E-state index is 0.0819. The third-order valence-corrected chi connectivity index (χ3v) is 2.93. The highest BCUT2D eigenvalue weighted by Gasteiger charge is 2.16. The van der Waals surface area contributed by atoms with Crippen molar-refractivity contribution in [2.45, 2.75) is 61.8 Å². The molecule has 0 radical (unpaired) electrons. The number of nitrogens with one attached hydrogen (secondary N) is 1. The van der Waals surface area contributed by atoms with Crippen LogP contribution in [0.4, 0.5) is 0 Å². The molecule has 0 saturated heterocycles. The van der Waals surface area contributed by atoms with Crippen LogP contribution in [-0.4, -0.2) is 0 Å².